The number of phenols is 1. The Bertz CT molecular complexity index is 1290. The fourth-order valence-electron chi connectivity index (χ4n) is 4.27. The summed E-state index contributed by atoms with van der Waals surface area (Å²) >= 11 is 3.32. The highest BCUT2D eigenvalue weighted by atomic mass is 79.9. The third-order valence-electron chi connectivity index (χ3n) is 6.07. The normalized spacial score (nSPS) is 15.5. The number of benzene rings is 2. The Morgan fingerprint density at radius 2 is 1.94 bits per heavy atom. The maximum Gasteiger partial charge on any atom is 0.290 e. The fraction of sp³-hybridized carbons (Fsp3) is 0.333. The highest BCUT2D eigenvalue weighted by Gasteiger charge is 2.43. The van der Waals surface area contributed by atoms with Gasteiger partial charge >= 0.3 is 0 Å². The SMILES string of the molecule is CCN(CC)CCN1C(=O)c2oc3ccc(F)cc3c(=O)c2C1c1cc(Br)c(O)c(OC)c1. The number of carbonyl (C=O) groups is 1. The molecule has 0 saturated carbocycles. The largest absolute Gasteiger partial charge is 0.503 e. The van der Waals surface area contributed by atoms with Crippen LogP contribution in [0.2, 0.25) is 0 Å². The van der Waals surface area contributed by atoms with E-state index in [-0.39, 0.29) is 33.8 Å². The molecule has 1 N–H and O–H groups in total. The van der Waals surface area contributed by atoms with Crippen LogP contribution < -0.4 is 10.2 Å². The van der Waals surface area contributed by atoms with Gasteiger partial charge in [-0.2, -0.15) is 0 Å². The maximum atomic E-state index is 13.9. The summed E-state index contributed by atoms with van der Waals surface area (Å²) in [6.45, 7) is 6.65. The van der Waals surface area contributed by atoms with Gasteiger partial charge in [0, 0.05) is 13.1 Å². The number of nitrogens with zero attached hydrogens (tertiary/aromatic N) is 2. The van der Waals surface area contributed by atoms with Crippen LogP contribution in [0.5, 0.6) is 11.5 Å². The Labute approximate surface area is 198 Å². The number of likely N-dealkylation sites (N-methyl/N-ethyl adjacent to an activating group) is 1. The second kappa shape index (κ2) is 9.15. The molecule has 0 spiro atoms. The van der Waals surface area contributed by atoms with Crippen molar-refractivity contribution in [3.63, 3.8) is 0 Å². The Morgan fingerprint density at radius 1 is 1.21 bits per heavy atom. The van der Waals surface area contributed by atoms with Gasteiger partial charge in [0.1, 0.15) is 11.4 Å². The smallest absolute Gasteiger partial charge is 0.290 e. The van der Waals surface area contributed by atoms with E-state index in [2.05, 4.69) is 20.8 Å². The summed E-state index contributed by atoms with van der Waals surface area (Å²) in [5, 5.41) is 10.3. The average Bonchev–Trinajstić information content (AvgIpc) is 3.08. The number of hydrogen-bond acceptors (Lipinski definition) is 6. The third kappa shape index (κ3) is 4.00. The molecule has 2 aromatic carbocycles. The van der Waals surface area contributed by atoms with E-state index in [1.54, 1.807) is 17.0 Å². The first-order valence-corrected chi connectivity index (χ1v) is 11.5. The number of ether oxygens (including phenoxy) is 1. The molecular formula is C24H24BrFN2O5. The van der Waals surface area contributed by atoms with Gasteiger partial charge < -0.3 is 24.1 Å². The number of halogens is 2. The van der Waals surface area contributed by atoms with Crippen LogP contribution in [0.25, 0.3) is 11.0 Å². The summed E-state index contributed by atoms with van der Waals surface area (Å²) in [4.78, 5) is 30.7. The van der Waals surface area contributed by atoms with Crippen molar-refractivity contribution >= 4 is 32.8 Å². The minimum atomic E-state index is -0.780. The molecule has 3 aromatic rings. The quantitative estimate of drug-likeness (QED) is 0.502. The molecule has 174 valence electrons. The number of phenolic OH excluding ortho intramolecular Hbond substituents is 1. The van der Waals surface area contributed by atoms with E-state index >= 15 is 0 Å². The van der Waals surface area contributed by atoms with Gasteiger partial charge in [-0.3, -0.25) is 9.59 Å². The summed E-state index contributed by atoms with van der Waals surface area (Å²) in [5.74, 6) is -0.920. The standard InChI is InChI=1S/C24H24BrFN2O5/c1-4-27(5-2)8-9-28-20(13-10-16(25)22(30)18(11-13)32-3)19-21(29)15-12-14(26)6-7-17(15)33-23(19)24(28)31/h6-7,10-12,20,30H,4-5,8-9H2,1-3H3. The summed E-state index contributed by atoms with van der Waals surface area (Å²) < 4.78 is 25.4. The van der Waals surface area contributed by atoms with Crippen molar-refractivity contribution in [3.05, 3.63) is 67.7 Å². The van der Waals surface area contributed by atoms with Crippen molar-refractivity contribution < 1.29 is 23.4 Å². The van der Waals surface area contributed by atoms with E-state index in [9.17, 15) is 19.1 Å². The first kappa shape index (κ1) is 23.3. The lowest BCUT2D eigenvalue weighted by molar-refractivity contribution is 0.0708. The molecule has 1 aromatic heterocycles. The lowest BCUT2D eigenvalue weighted by Gasteiger charge is -2.28. The summed E-state index contributed by atoms with van der Waals surface area (Å²) in [6, 6.07) is 6.12. The van der Waals surface area contributed by atoms with Gasteiger partial charge in [-0.15, -0.1) is 0 Å². The summed E-state index contributed by atoms with van der Waals surface area (Å²) in [6.07, 6.45) is 0. The maximum absolute atomic E-state index is 13.9. The molecule has 1 amide bonds. The zero-order chi connectivity index (χ0) is 23.9. The lowest BCUT2D eigenvalue weighted by Crippen LogP contribution is -2.37. The molecule has 0 radical (unpaired) electrons. The van der Waals surface area contributed by atoms with Gasteiger partial charge in [-0.25, -0.2) is 4.39 Å². The van der Waals surface area contributed by atoms with Crippen LogP contribution in [0, 0.1) is 5.82 Å². The van der Waals surface area contributed by atoms with E-state index in [0.717, 1.165) is 19.2 Å². The molecule has 1 aliphatic heterocycles. The van der Waals surface area contributed by atoms with Gasteiger partial charge in [0.2, 0.25) is 5.76 Å². The Morgan fingerprint density at radius 3 is 2.61 bits per heavy atom. The molecule has 33 heavy (non-hydrogen) atoms. The van der Waals surface area contributed by atoms with Gasteiger partial charge in [0.05, 0.1) is 28.6 Å². The molecule has 0 bridgehead atoms. The van der Waals surface area contributed by atoms with Crippen molar-refractivity contribution in [3.8, 4) is 11.5 Å². The fourth-order valence-corrected chi connectivity index (χ4v) is 4.73. The number of fused-ring (bicyclic) bond motifs is 2. The molecule has 4 rings (SSSR count). The minimum absolute atomic E-state index is 0.0492. The highest BCUT2D eigenvalue weighted by Crippen LogP contribution is 2.43. The molecule has 0 aliphatic carbocycles. The van der Waals surface area contributed by atoms with Crippen LogP contribution >= 0.6 is 15.9 Å². The molecule has 1 unspecified atom stereocenters. The van der Waals surface area contributed by atoms with Crippen LogP contribution in [0.4, 0.5) is 4.39 Å². The zero-order valence-corrected chi connectivity index (χ0v) is 20.1. The number of amides is 1. The van der Waals surface area contributed by atoms with Crippen molar-refractivity contribution in [1.82, 2.24) is 9.80 Å². The van der Waals surface area contributed by atoms with E-state index in [4.69, 9.17) is 9.15 Å². The van der Waals surface area contributed by atoms with E-state index in [0.29, 0.717) is 23.1 Å². The van der Waals surface area contributed by atoms with Crippen LogP contribution in [0.3, 0.4) is 0 Å². The van der Waals surface area contributed by atoms with E-state index in [1.165, 1.54) is 19.2 Å². The molecule has 0 saturated heterocycles. The molecule has 7 nitrogen and oxygen atoms in total. The number of carbonyl (C=O) groups excluding carboxylic acids is 1. The lowest BCUT2D eigenvalue weighted by atomic mass is 9.98. The second-order valence-corrected chi connectivity index (χ2v) is 8.65. The monoisotopic (exact) mass is 518 g/mol. The molecule has 9 heteroatoms. The van der Waals surface area contributed by atoms with E-state index < -0.39 is 23.2 Å². The predicted molar refractivity (Wildman–Crippen MR) is 125 cm³/mol. The van der Waals surface area contributed by atoms with Crippen molar-refractivity contribution in [2.24, 2.45) is 0 Å². The van der Waals surface area contributed by atoms with Crippen LogP contribution in [0.15, 0.2) is 44.0 Å². The first-order valence-electron chi connectivity index (χ1n) is 10.7. The van der Waals surface area contributed by atoms with Gasteiger partial charge in [-0.1, -0.05) is 13.8 Å². The van der Waals surface area contributed by atoms with Gasteiger partial charge in [-0.05, 0) is 64.9 Å². The van der Waals surface area contributed by atoms with Crippen molar-refractivity contribution in [2.75, 3.05) is 33.3 Å². The minimum Gasteiger partial charge on any atom is -0.503 e. The van der Waals surface area contributed by atoms with Crippen LogP contribution in [-0.4, -0.2) is 54.1 Å². The molecule has 1 atom stereocenters. The van der Waals surface area contributed by atoms with Crippen molar-refractivity contribution in [2.45, 2.75) is 19.9 Å². The second-order valence-electron chi connectivity index (χ2n) is 7.80. The molecule has 0 fully saturated rings. The first-order chi connectivity index (χ1) is 15.8. The number of aromatic hydroxyl groups is 1. The summed E-state index contributed by atoms with van der Waals surface area (Å²) in [7, 11) is 1.42. The number of rotatable bonds is 7. The van der Waals surface area contributed by atoms with Crippen LogP contribution in [-0.2, 0) is 0 Å². The third-order valence-corrected chi connectivity index (χ3v) is 6.67. The Hall–Kier alpha value is -2.91. The summed E-state index contributed by atoms with van der Waals surface area (Å²) in [5.41, 5.74) is 0.406. The Kier molecular flexibility index (Phi) is 6.45. The predicted octanol–water partition coefficient (Wildman–Crippen LogP) is 4.30. The van der Waals surface area contributed by atoms with Gasteiger partial charge in [0.25, 0.3) is 5.91 Å². The molecule has 2 heterocycles. The van der Waals surface area contributed by atoms with E-state index in [1.807, 2.05) is 13.8 Å². The van der Waals surface area contributed by atoms with Crippen molar-refractivity contribution in [1.29, 1.82) is 0 Å². The number of hydrogen-bond donors (Lipinski definition) is 1. The molecule has 1 aliphatic rings. The topological polar surface area (TPSA) is 83.2 Å². The Balaban J connectivity index is 1.93. The average molecular weight is 519 g/mol. The highest BCUT2D eigenvalue weighted by molar-refractivity contribution is 9.10. The number of methoxy groups -OCH3 is 1. The van der Waals surface area contributed by atoms with Gasteiger partial charge in [0.15, 0.2) is 16.9 Å². The molecular weight excluding hydrogens is 495 g/mol. The van der Waals surface area contributed by atoms with Crippen LogP contribution in [0.1, 0.15) is 41.6 Å². The zero-order valence-electron chi connectivity index (χ0n) is 18.5.